The summed E-state index contributed by atoms with van der Waals surface area (Å²) in [6, 6.07) is 6.16. The van der Waals surface area contributed by atoms with E-state index < -0.39 is 69.9 Å². The van der Waals surface area contributed by atoms with Gasteiger partial charge in [0.25, 0.3) is 5.91 Å². The van der Waals surface area contributed by atoms with Gasteiger partial charge in [-0.2, -0.15) is 8.78 Å². The molecule has 0 spiro atoms. The Balaban J connectivity index is 1.26. The molecular formula is C29H18ClF7N6O3. The molecule has 4 heterocycles. The van der Waals surface area contributed by atoms with Gasteiger partial charge >= 0.3 is 6.09 Å². The normalized spacial score (nSPS) is 17.9. The molecule has 1 N–H and O–H groups in total. The summed E-state index contributed by atoms with van der Waals surface area (Å²) in [7, 11) is 0. The van der Waals surface area contributed by atoms with E-state index in [0.29, 0.717) is 0 Å². The van der Waals surface area contributed by atoms with Crippen molar-refractivity contribution in [1.82, 2.24) is 19.9 Å². The molecule has 4 aromatic rings. The lowest BCUT2D eigenvalue weighted by Crippen LogP contribution is -2.58. The summed E-state index contributed by atoms with van der Waals surface area (Å²) < 4.78 is 103. The van der Waals surface area contributed by atoms with Gasteiger partial charge in [-0.1, -0.05) is 23.7 Å². The number of likely N-dealkylation sites (tertiary alicyclic amines) is 1. The predicted octanol–water partition coefficient (Wildman–Crippen LogP) is 5.76. The minimum atomic E-state index is -2.40. The van der Waals surface area contributed by atoms with Crippen molar-refractivity contribution in [1.29, 1.82) is 0 Å². The Morgan fingerprint density at radius 2 is 1.63 bits per heavy atom. The zero-order chi connectivity index (χ0) is 33.1. The quantitative estimate of drug-likeness (QED) is 0.164. The lowest BCUT2D eigenvalue weighted by molar-refractivity contribution is 0.0966. The van der Waals surface area contributed by atoms with E-state index in [4.69, 9.17) is 11.6 Å². The highest BCUT2D eigenvalue weighted by Gasteiger charge is 2.46. The highest BCUT2D eigenvalue weighted by molar-refractivity contribution is 6.30. The first-order chi connectivity index (χ1) is 21.8. The van der Waals surface area contributed by atoms with Crippen molar-refractivity contribution < 1.29 is 45.1 Å². The van der Waals surface area contributed by atoms with E-state index in [-0.39, 0.29) is 53.2 Å². The number of hydrogen-bond donors (Lipinski definition) is 1. The number of pyridine rings is 1. The Labute approximate surface area is 259 Å². The molecule has 9 nitrogen and oxygen atoms in total. The zero-order valence-corrected chi connectivity index (χ0v) is 24.0. The van der Waals surface area contributed by atoms with E-state index in [1.54, 1.807) is 6.92 Å². The van der Waals surface area contributed by atoms with Gasteiger partial charge in [0, 0.05) is 37.6 Å². The van der Waals surface area contributed by atoms with Crippen LogP contribution >= 0.6 is 11.6 Å². The molecule has 0 aliphatic carbocycles. The van der Waals surface area contributed by atoms with Crippen LogP contribution < -0.4 is 15.0 Å². The van der Waals surface area contributed by atoms with Crippen LogP contribution in [-0.2, 0) is 5.41 Å². The number of benzene rings is 2. The molecule has 1 atom stereocenters. The number of ether oxygens (including phenoxy) is 1. The van der Waals surface area contributed by atoms with Crippen molar-refractivity contribution in [2.24, 2.45) is 0 Å². The molecule has 2 aliphatic rings. The van der Waals surface area contributed by atoms with Crippen LogP contribution in [0.3, 0.4) is 0 Å². The minimum Gasteiger partial charge on any atom is -0.404 e. The van der Waals surface area contributed by atoms with Crippen LogP contribution in [0.2, 0.25) is 5.02 Å². The minimum absolute atomic E-state index is 0.0467. The number of fused-ring (bicyclic) bond motifs is 1. The van der Waals surface area contributed by atoms with Gasteiger partial charge in [-0.3, -0.25) is 9.69 Å². The van der Waals surface area contributed by atoms with E-state index in [9.17, 15) is 35.9 Å². The van der Waals surface area contributed by atoms with Crippen LogP contribution in [0.1, 0.15) is 28.5 Å². The number of carbonyl (C=O) groups excluding carboxylic acids is 2. The van der Waals surface area contributed by atoms with E-state index in [2.05, 4.69) is 25.0 Å². The molecule has 0 bridgehead atoms. The van der Waals surface area contributed by atoms with Crippen molar-refractivity contribution in [2.45, 2.75) is 18.4 Å². The lowest BCUT2D eigenvalue weighted by Gasteiger charge is -2.41. The third kappa shape index (κ3) is 5.02. The van der Waals surface area contributed by atoms with Gasteiger partial charge in [0.05, 0.1) is 27.7 Å². The molecule has 2 aromatic heterocycles. The maximum absolute atomic E-state index is 15.5. The maximum atomic E-state index is 15.5. The van der Waals surface area contributed by atoms with E-state index >= 15 is 4.39 Å². The molecule has 6 rings (SSSR count). The average molecular weight is 667 g/mol. The van der Waals surface area contributed by atoms with Crippen molar-refractivity contribution >= 4 is 35.4 Å². The van der Waals surface area contributed by atoms with Gasteiger partial charge in [0.2, 0.25) is 40.8 Å². The first kappa shape index (κ1) is 31.0. The number of nitrogens with one attached hydrogen (secondary N) is 1. The molecule has 0 saturated carbocycles. The predicted molar refractivity (Wildman–Crippen MR) is 147 cm³/mol. The highest BCUT2D eigenvalue weighted by atomic mass is 35.5. The molecule has 17 heteroatoms. The molecule has 238 valence electrons. The van der Waals surface area contributed by atoms with Gasteiger partial charge in [-0.25, -0.2) is 41.7 Å². The van der Waals surface area contributed by atoms with Crippen LogP contribution in [0.25, 0.3) is 0 Å². The molecule has 2 amide bonds. The summed E-state index contributed by atoms with van der Waals surface area (Å²) in [5, 5.41) is 2.70. The zero-order valence-electron chi connectivity index (χ0n) is 23.2. The number of carbonyl (C=O) groups is 2. The number of amides is 2. The fraction of sp³-hybridized carbons (Fsp3) is 0.207. The summed E-state index contributed by atoms with van der Waals surface area (Å²) >= 11 is 6.08. The number of hydrogen-bond acceptors (Lipinski definition) is 7. The molecule has 0 radical (unpaired) electrons. The van der Waals surface area contributed by atoms with Crippen LogP contribution in [0, 0.1) is 40.7 Å². The number of aromatic nitrogens is 3. The van der Waals surface area contributed by atoms with Crippen molar-refractivity contribution in [2.75, 3.05) is 29.9 Å². The second-order valence-corrected chi connectivity index (χ2v) is 11.0. The number of anilines is 2. The number of rotatable bonds is 5. The van der Waals surface area contributed by atoms with E-state index in [1.165, 1.54) is 30.5 Å². The Morgan fingerprint density at radius 3 is 2.30 bits per heavy atom. The van der Waals surface area contributed by atoms with Gasteiger partial charge in [0.1, 0.15) is 5.82 Å². The molecule has 1 saturated heterocycles. The Hall–Kier alpha value is -4.99. The fourth-order valence-corrected chi connectivity index (χ4v) is 5.43. The molecule has 1 fully saturated rings. The van der Waals surface area contributed by atoms with Crippen LogP contribution in [0.15, 0.2) is 42.7 Å². The first-order valence-electron chi connectivity index (χ1n) is 13.3. The number of nitrogens with zero attached hydrogens (tertiary/aromatic N) is 5. The summed E-state index contributed by atoms with van der Waals surface area (Å²) in [5.41, 5.74) is -1.37. The maximum Gasteiger partial charge on any atom is 0.415 e. The monoisotopic (exact) mass is 666 g/mol. The lowest BCUT2D eigenvalue weighted by atomic mass is 9.74. The Kier molecular flexibility index (Phi) is 7.70. The summed E-state index contributed by atoms with van der Waals surface area (Å²) in [5.74, 6) is -15.9. The smallest absolute Gasteiger partial charge is 0.404 e. The van der Waals surface area contributed by atoms with E-state index in [0.717, 1.165) is 22.1 Å². The van der Waals surface area contributed by atoms with Crippen LogP contribution in [-0.4, -0.2) is 57.5 Å². The molecule has 1 unspecified atom stereocenters. The van der Waals surface area contributed by atoms with Gasteiger partial charge in [0.15, 0.2) is 11.6 Å². The third-order valence-electron chi connectivity index (χ3n) is 7.63. The number of halogens is 8. The standard InChI is InChI=1S/C29H18ClF7N6O3/c1-29(14-4-2-5-15(30)17(14)32)11-43(25-16(31)6-3-7-38-25)26(44)13-8-39-27(41-24(13)29)40-12-9-42(10-12)28(45)46-23-21(36)19(34)18(33)20(35)22(23)37/h2-8,12H,9-11H2,1H3,(H,39,40,41). The first-order valence-corrected chi connectivity index (χ1v) is 13.7. The van der Waals surface area contributed by atoms with Crippen molar-refractivity contribution in [3.8, 4) is 5.75 Å². The largest absolute Gasteiger partial charge is 0.415 e. The van der Waals surface area contributed by atoms with Crippen LogP contribution in [0.5, 0.6) is 5.75 Å². The summed E-state index contributed by atoms with van der Waals surface area (Å²) in [6.07, 6.45) is 1.07. The highest BCUT2D eigenvalue weighted by Crippen LogP contribution is 2.42. The Bertz CT molecular complexity index is 1900. The second kappa shape index (κ2) is 11.4. The molecule has 46 heavy (non-hydrogen) atoms. The molecule has 2 aromatic carbocycles. The summed E-state index contributed by atoms with van der Waals surface area (Å²) in [4.78, 5) is 40.5. The topological polar surface area (TPSA) is 101 Å². The van der Waals surface area contributed by atoms with Crippen LogP contribution in [0.4, 0.5) is 47.3 Å². The van der Waals surface area contributed by atoms with Crippen molar-refractivity contribution in [3.63, 3.8) is 0 Å². The third-order valence-corrected chi connectivity index (χ3v) is 7.93. The average Bonchev–Trinajstić information content (AvgIpc) is 3.02. The summed E-state index contributed by atoms with van der Waals surface area (Å²) in [6.45, 7) is 0.959. The Morgan fingerprint density at radius 1 is 0.957 bits per heavy atom. The van der Waals surface area contributed by atoms with Gasteiger partial charge in [-0.15, -0.1) is 0 Å². The molecular weight excluding hydrogens is 649 g/mol. The van der Waals surface area contributed by atoms with E-state index in [1.807, 2.05) is 0 Å². The SMILES string of the molecule is CC1(c2cccc(Cl)c2F)CN(c2ncccc2F)C(=O)c2cnc(NC3CN(C(=O)Oc4c(F)c(F)c(F)c(F)c4F)C3)nc21. The second-order valence-electron chi connectivity index (χ2n) is 10.6. The fourth-order valence-electron chi connectivity index (χ4n) is 5.25. The van der Waals surface area contributed by atoms with Crippen molar-refractivity contribution in [3.05, 3.63) is 105 Å². The van der Waals surface area contributed by atoms with Gasteiger partial charge in [-0.05, 0) is 25.1 Å². The van der Waals surface area contributed by atoms with Gasteiger partial charge < -0.3 is 15.0 Å². The molecule has 2 aliphatic heterocycles.